The van der Waals surface area contributed by atoms with Gasteiger partial charge in [0.05, 0.1) is 5.92 Å². The fourth-order valence-electron chi connectivity index (χ4n) is 2.58. The van der Waals surface area contributed by atoms with Gasteiger partial charge in [-0.1, -0.05) is 15.9 Å². The Balaban J connectivity index is 1.98. The number of piperidine rings is 1. The highest BCUT2D eigenvalue weighted by atomic mass is 79.9. The summed E-state index contributed by atoms with van der Waals surface area (Å²) >= 11 is 3.11. The predicted molar refractivity (Wildman–Crippen MR) is 74.9 cm³/mol. The Kier molecular flexibility index (Phi) is 5.50. The van der Waals surface area contributed by atoms with Crippen molar-refractivity contribution in [3.8, 4) is 5.75 Å². The zero-order valence-electron chi connectivity index (χ0n) is 11.8. The van der Waals surface area contributed by atoms with Crippen LogP contribution in [0.3, 0.4) is 0 Å². The van der Waals surface area contributed by atoms with Gasteiger partial charge in [0.2, 0.25) is 0 Å². The average molecular weight is 406 g/mol. The van der Waals surface area contributed by atoms with Crippen molar-refractivity contribution in [3.63, 3.8) is 0 Å². The molecular formula is C14H14BrF6NO. The first kappa shape index (κ1) is 18.4. The smallest absolute Gasteiger partial charge is 0.406 e. The average Bonchev–Trinajstić information content (AvgIpc) is 2.35. The number of nitrogens with zero attached hydrogens (tertiary/aromatic N) is 1. The standard InChI is InChI=1S/C14H14BrF6NO/c15-11-5-9(6-12(7-11)23-14(19,20)21)8-22-3-1-10(2-4-22)13(16,17)18/h5-7,10H,1-4,8H2. The number of hydrogen-bond donors (Lipinski definition) is 0. The van der Waals surface area contributed by atoms with E-state index in [2.05, 4.69) is 20.7 Å². The van der Waals surface area contributed by atoms with E-state index in [1.54, 1.807) is 11.0 Å². The van der Waals surface area contributed by atoms with Gasteiger partial charge in [0.25, 0.3) is 0 Å². The normalized spacial score (nSPS) is 18.2. The molecule has 2 rings (SSSR count). The van der Waals surface area contributed by atoms with E-state index < -0.39 is 18.5 Å². The molecule has 0 atom stereocenters. The van der Waals surface area contributed by atoms with E-state index in [1.807, 2.05) is 0 Å². The molecule has 0 radical (unpaired) electrons. The van der Waals surface area contributed by atoms with E-state index in [-0.39, 0.29) is 38.2 Å². The Morgan fingerprint density at radius 1 is 1.04 bits per heavy atom. The fraction of sp³-hybridized carbons (Fsp3) is 0.571. The SMILES string of the molecule is FC(F)(F)Oc1cc(Br)cc(CN2CCC(C(F)(F)F)CC2)c1. The van der Waals surface area contributed by atoms with Crippen LogP contribution in [0.4, 0.5) is 26.3 Å². The van der Waals surface area contributed by atoms with E-state index in [1.165, 1.54) is 12.1 Å². The molecule has 0 amide bonds. The molecule has 0 aromatic heterocycles. The third-order valence-electron chi connectivity index (χ3n) is 3.62. The third-order valence-corrected chi connectivity index (χ3v) is 4.08. The van der Waals surface area contributed by atoms with Crippen LogP contribution >= 0.6 is 15.9 Å². The van der Waals surface area contributed by atoms with Crippen LogP contribution < -0.4 is 4.74 Å². The van der Waals surface area contributed by atoms with E-state index >= 15 is 0 Å². The molecule has 0 unspecified atom stereocenters. The van der Waals surface area contributed by atoms with Crippen LogP contribution in [0, 0.1) is 5.92 Å². The molecule has 2 nitrogen and oxygen atoms in total. The highest BCUT2D eigenvalue weighted by Crippen LogP contribution is 2.35. The van der Waals surface area contributed by atoms with Crippen molar-refractivity contribution in [2.45, 2.75) is 31.9 Å². The zero-order chi connectivity index (χ0) is 17.3. The van der Waals surface area contributed by atoms with Crippen LogP contribution in [0.15, 0.2) is 22.7 Å². The molecule has 23 heavy (non-hydrogen) atoms. The first-order valence-electron chi connectivity index (χ1n) is 6.87. The molecule has 1 heterocycles. The van der Waals surface area contributed by atoms with Gasteiger partial charge in [0.15, 0.2) is 0 Å². The van der Waals surface area contributed by atoms with Crippen LogP contribution in [-0.2, 0) is 6.54 Å². The summed E-state index contributed by atoms with van der Waals surface area (Å²) in [5.74, 6) is -1.66. The second kappa shape index (κ2) is 6.88. The van der Waals surface area contributed by atoms with E-state index in [9.17, 15) is 26.3 Å². The zero-order valence-corrected chi connectivity index (χ0v) is 13.4. The number of rotatable bonds is 3. The van der Waals surface area contributed by atoms with Gasteiger partial charge in [0, 0.05) is 11.0 Å². The largest absolute Gasteiger partial charge is 0.573 e. The molecule has 0 saturated carbocycles. The summed E-state index contributed by atoms with van der Waals surface area (Å²) in [6.45, 7) is 0.788. The molecule has 1 aliphatic rings. The van der Waals surface area contributed by atoms with Gasteiger partial charge in [-0.2, -0.15) is 13.2 Å². The second-order valence-electron chi connectivity index (χ2n) is 5.44. The third kappa shape index (κ3) is 5.87. The molecular weight excluding hydrogens is 392 g/mol. The van der Waals surface area contributed by atoms with Gasteiger partial charge >= 0.3 is 12.5 Å². The molecule has 1 fully saturated rings. The molecule has 9 heteroatoms. The van der Waals surface area contributed by atoms with Crippen molar-refractivity contribution in [1.29, 1.82) is 0 Å². The van der Waals surface area contributed by atoms with E-state index in [4.69, 9.17) is 0 Å². The molecule has 1 aromatic carbocycles. The van der Waals surface area contributed by atoms with Gasteiger partial charge in [-0.05, 0) is 49.7 Å². The Labute approximate surface area is 137 Å². The van der Waals surface area contributed by atoms with Crippen molar-refractivity contribution < 1.29 is 31.1 Å². The fourth-order valence-corrected chi connectivity index (χ4v) is 3.10. The Bertz CT molecular complexity index is 537. The number of hydrogen-bond acceptors (Lipinski definition) is 2. The summed E-state index contributed by atoms with van der Waals surface area (Å²) in [4.78, 5) is 1.79. The molecule has 1 aliphatic heterocycles. The predicted octanol–water partition coefficient (Wildman–Crippen LogP) is 5.12. The molecule has 0 bridgehead atoms. The van der Waals surface area contributed by atoms with Crippen molar-refractivity contribution in [3.05, 3.63) is 28.2 Å². The topological polar surface area (TPSA) is 12.5 Å². The lowest BCUT2D eigenvalue weighted by molar-refractivity contribution is -0.274. The molecule has 1 saturated heterocycles. The van der Waals surface area contributed by atoms with Crippen molar-refractivity contribution in [2.24, 2.45) is 5.92 Å². The maximum Gasteiger partial charge on any atom is 0.573 e. The first-order chi connectivity index (χ1) is 10.5. The van der Waals surface area contributed by atoms with Gasteiger partial charge in [-0.25, -0.2) is 0 Å². The monoisotopic (exact) mass is 405 g/mol. The molecule has 130 valence electrons. The lowest BCUT2D eigenvalue weighted by Gasteiger charge is -2.32. The minimum Gasteiger partial charge on any atom is -0.406 e. The summed E-state index contributed by atoms with van der Waals surface area (Å²) < 4.78 is 78.9. The minimum atomic E-state index is -4.79. The Hall–Kier alpha value is -0.960. The van der Waals surface area contributed by atoms with Gasteiger partial charge in [0.1, 0.15) is 5.75 Å². The highest BCUT2D eigenvalue weighted by molar-refractivity contribution is 9.10. The van der Waals surface area contributed by atoms with Crippen LogP contribution in [0.25, 0.3) is 0 Å². The summed E-state index contributed by atoms with van der Waals surface area (Å²) in [6.07, 6.45) is -8.97. The van der Waals surface area contributed by atoms with E-state index in [0.29, 0.717) is 10.0 Å². The molecule has 1 aromatic rings. The van der Waals surface area contributed by atoms with Crippen LogP contribution in [0.2, 0.25) is 0 Å². The summed E-state index contributed by atoms with van der Waals surface area (Å²) in [5.41, 5.74) is 0.545. The Morgan fingerprint density at radius 3 is 2.17 bits per heavy atom. The number of benzene rings is 1. The van der Waals surface area contributed by atoms with E-state index in [0.717, 1.165) is 0 Å². The summed E-state index contributed by atoms with van der Waals surface area (Å²) in [7, 11) is 0. The highest BCUT2D eigenvalue weighted by Gasteiger charge is 2.41. The van der Waals surface area contributed by atoms with Crippen LogP contribution in [0.1, 0.15) is 18.4 Å². The summed E-state index contributed by atoms with van der Waals surface area (Å²) in [6, 6.07) is 4.06. The maximum absolute atomic E-state index is 12.6. The first-order valence-corrected chi connectivity index (χ1v) is 7.66. The van der Waals surface area contributed by atoms with Gasteiger partial charge in [-0.15, -0.1) is 13.2 Å². The van der Waals surface area contributed by atoms with Crippen LogP contribution in [-0.4, -0.2) is 30.5 Å². The molecule has 0 N–H and O–H groups in total. The minimum absolute atomic E-state index is 0.00338. The molecule has 0 aliphatic carbocycles. The van der Waals surface area contributed by atoms with Crippen LogP contribution in [0.5, 0.6) is 5.75 Å². The van der Waals surface area contributed by atoms with Crippen molar-refractivity contribution in [1.82, 2.24) is 4.90 Å². The lowest BCUT2D eigenvalue weighted by Crippen LogP contribution is -2.38. The van der Waals surface area contributed by atoms with Crippen molar-refractivity contribution >= 4 is 15.9 Å². The Morgan fingerprint density at radius 2 is 1.65 bits per heavy atom. The lowest BCUT2D eigenvalue weighted by atomic mass is 9.96. The number of alkyl halides is 6. The van der Waals surface area contributed by atoms with Gasteiger partial charge in [-0.3, -0.25) is 4.90 Å². The summed E-state index contributed by atoms with van der Waals surface area (Å²) in [5, 5.41) is 0. The number of halogens is 7. The number of ether oxygens (including phenoxy) is 1. The molecule has 0 spiro atoms. The second-order valence-corrected chi connectivity index (χ2v) is 6.35. The van der Waals surface area contributed by atoms with Crippen molar-refractivity contribution in [2.75, 3.05) is 13.1 Å². The maximum atomic E-state index is 12.6. The van der Waals surface area contributed by atoms with Gasteiger partial charge < -0.3 is 4.74 Å². The number of likely N-dealkylation sites (tertiary alicyclic amines) is 1. The quantitative estimate of drug-likeness (QED) is 0.647.